The van der Waals surface area contributed by atoms with Crippen molar-refractivity contribution in [1.29, 1.82) is 0 Å². The Kier molecular flexibility index (Phi) is 5.63. The molecule has 2 aromatic carbocycles. The summed E-state index contributed by atoms with van der Waals surface area (Å²) in [6, 6.07) is 9.85. The van der Waals surface area contributed by atoms with Gasteiger partial charge in [0.05, 0.1) is 29.2 Å². The number of methoxy groups -OCH3 is 1. The van der Waals surface area contributed by atoms with E-state index < -0.39 is 6.04 Å². The van der Waals surface area contributed by atoms with Crippen LogP contribution in [0.5, 0.6) is 5.75 Å². The van der Waals surface area contributed by atoms with E-state index in [0.29, 0.717) is 34.9 Å². The van der Waals surface area contributed by atoms with Gasteiger partial charge in [0.25, 0.3) is 0 Å². The number of nitrogens with one attached hydrogen (secondary N) is 2. The highest BCUT2D eigenvalue weighted by Gasteiger charge is 2.33. The number of ether oxygens (including phenoxy) is 1. The Hall–Kier alpha value is -2.34. The van der Waals surface area contributed by atoms with Crippen LogP contribution in [0, 0.1) is 0 Å². The van der Waals surface area contributed by atoms with Crippen molar-refractivity contribution in [2.75, 3.05) is 7.11 Å². The second-order valence-corrected chi connectivity index (χ2v) is 8.03. The third-order valence-corrected chi connectivity index (χ3v) is 6.13. The number of carbonyl (C=O) groups excluding carboxylic acids is 2. The zero-order valence-corrected chi connectivity index (χ0v) is 17.3. The number of aromatic amines is 1. The standard InChI is InChI=1S/C22H20Cl2N2O3/c1-29-14-3-4-15-13(11-25-20(15)10-14)9-21(27)18-6-7-19(26-18)22(28)12-2-5-16(23)17(24)8-12/h2-5,8,10-11,18-19,25-26H,6-7,9H2,1H3. The van der Waals surface area contributed by atoms with Crippen LogP contribution in [0.1, 0.15) is 28.8 Å². The highest BCUT2D eigenvalue weighted by molar-refractivity contribution is 6.42. The van der Waals surface area contributed by atoms with Crippen molar-refractivity contribution >= 4 is 45.7 Å². The average molecular weight is 431 g/mol. The molecule has 0 saturated carbocycles. The number of hydrogen-bond donors (Lipinski definition) is 2. The lowest BCUT2D eigenvalue weighted by Gasteiger charge is -2.13. The molecule has 0 spiro atoms. The Labute approximate surface area is 178 Å². The smallest absolute Gasteiger partial charge is 0.179 e. The number of halogens is 2. The quantitative estimate of drug-likeness (QED) is 0.560. The number of aromatic nitrogens is 1. The molecule has 2 unspecified atom stereocenters. The Bertz CT molecular complexity index is 1090. The minimum atomic E-state index is -0.395. The van der Waals surface area contributed by atoms with E-state index in [-0.39, 0.29) is 17.6 Å². The summed E-state index contributed by atoms with van der Waals surface area (Å²) in [5.41, 5.74) is 2.36. The van der Waals surface area contributed by atoms with Crippen LogP contribution in [0.3, 0.4) is 0 Å². The molecule has 2 atom stereocenters. The molecule has 1 aliphatic heterocycles. The van der Waals surface area contributed by atoms with Gasteiger partial charge >= 0.3 is 0 Å². The zero-order chi connectivity index (χ0) is 20.5. The molecule has 1 aliphatic rings. The Balaban J connectivity index is 1.43. The van der Waals surface area contributed by atoms with Crippen molar-refractivity contribution in [1.82, 2.24) is 10.3 Å². The minimum Gasteiger partial charge on any atom is -0.497 e. The van der Waals surface area contributed by atoms with Crippen LogP contribution in [0.25, 0.3) is 10.9 Å². The molecule has 0 bridgehead atoms. The van der Waals surface area contributed by atoms with Crippen LogP contribution in [-0.2, 0) is 11.2 Å². The SMILES string of the molecule is COc1ccc2c(CC(=O)C3CCC(C(=O)c4ccc(Cl)c(Cl)c4)N3)c[nH]c2c1. The highest BCUT2D eigenvalue weighted by Crippen LogP contribution is 2.27. The van der Waals surface area contributed by atoms with Gasteiger partial charge in [0, 0.05) is 35.2 Å². The number of Topliss-reactive ketones (excluding diaryl/α,β-unsaturated/α-hetero) is 2. The molecule has 1 fully saturated rings. The van der Waals surface area contributed by atoms with Gasteiger partial charge in [-0.25, -0.2) is 0 Å². The molecular formula is C22H20Cl2N2O3. The van der Waals surface area contributed by atoms with Crippen LogP contribution in [0.4, 0.5) is 0 Å². The van der Waals surface area contributed by atoms with Crippen LogP contribution in [0.2, 0.25) is 10.0 Å². The molecular weight excluding hydrogens is 411 g/mol. The molecule has 3 aromatic rings. The summed E-state index contributed by atoms with van der Waals surface area (Å²) in [5.74, 6) is 0.766. The predicted octanol–water partition coefficient (Wildman–Crippen LogP) is 4.60. The van der Waals surface area contributed by atoms with Gasteiger partial charge in [-0.1, -0.05) is 23.2 Å². The zero-order valence-electron chi connectivity index (χ0n) is 15.8. The van der Waals surface area contributed by atoms with Gasteiger partial charge in [-0.15, -0.1) is 0 Å². The number of benzene rings is 2. The molecule has 0 radical (unpaired) electrons. The molecule has 1 saturated heterocycles. The highest BCUT2D eigenvalue weighted by atomic mass is 35.5. The third-order valence-electron chi connectivity index (χ3n) is 5.39. The molecule has 5 nitrogen and oxygen atoms in total. The van der Waals surface area contributed by atoms with E-state index >= 15 is 0 Å². The number of fused-ring (bicyclic) bond motifs is 1. The fourth-order valence-electron chi connectivity index (χ4n) is 3.80. The normalized spacial score (nSPS) is 18.9. The minimum absolute atomic E-state index is 0.0712. The third kappa shape index (κ3) is 4.04. The van der Waals surface area contributed by atoms with Crippen LogP contribution < -0.4 is 10.1 Å². The van der Waals surface area contributed by atoms with Gasteiger partial charge < -0.3 is 9.72 Å². The molecule has 29 heavy (non-hydrogen) atoms. The molecule has 2 N–H and O–H groups in total. The van der Waals surface area contributed by atoms with Crippen molar-refractivity contribution in [2.24, 2.45) is 0 Å². The van der Waals surface area contributed by atoms with E-state index in [1.165, 1.54) is 0 Å². The number of ketones is 2. The number of carbonyl (C=O) groups is 2. The summed E-state index contributed by atoms with van der Waals surface area (Å²) in [6.45, 7) is 0. The van der Waals surface area contributed by atoms with Crippen molar-refractivity contribution in [3.63, 3.8) is 0 Å². The molecule has 4 rings (SSSR count). The first-order valence-electron chi connectivity index (χ1n) is 9.38. The number of hydrogen-bond acceptors (Lipinski definition) is 4. The van der Waals surface area contributed by atoms with E-state index in [2.05, 4.69) is 10.3 Å². The van der Waals surface area contributed by atoms with Crippen LogP contribution in [-0.4, -0.2) is 35.7 Å². The first-order chi connectivity index (χ1) is 14.0. The molecule has 150 valence electrons. The largest absolute Gasteiger partial charge is 0.497 e. The maximum atomic E-state index is 12.8. The maximum Gasteiger partial charge on any atom is 0.179 e. The number of H-pyrrole nitrogens is 1. The van der Waals surface area contributed by atoms with Crippen molar-refractivity contribution in [3.05, 3.63) is 63.8 Å². The predicted molar refractivity (Wildman–Crippen MR) is 114 cm³/mol. The van der Waals surface area contributed by atoms with Crippen molar-refractivity contribution in [2.45, 2.75) is 31.3 Å². The van der Waals surface area contributed by atoms with E-state index in [1.807, 2.05) is 24.4 Å². The lowest BCUT2D eigenvalue weighted by Crippen LogP contribution is -2.40. The van der Waals surface area contributed by atoms with E-state index in [0.717, 1.165) is 22.2 Å². The molecule has 0 aliphatic carbocycles. The first kappa shape index (κ1) is 20.0. The molecule has 7 heteroatoms. The summed E-state index contributed by atoms with van der Waals surface area (Å²) in [6.07, 6.45) is 3.40. The summed E-state index contributed by atoms with van der Waals surface area (Å²) in [4.78, 5) is 28.8. The van der Waals surface area contributed by atoms with Gasteiger partial charge in [0.2, 0.25) is 0 Å². The topological polar surface area (TPSA) is 71.2 Å². The van der Waals surface area contributed by atoms with E-state index in [1.54, 1.807) is 25.3 Å². The Morgan fingerprint density at radius 3 is 2.62 bits per heavy atom. The lowest BCUT2D eigenvalue weighted by atomic mass is 10.0. The Morgan fingerprint density at radius 1 is 1.07 bits per heavy atom. The second-order valence-electron chi connectivity index (χ2n) is 7.21. The maximum absolute atomic E-state index is 12.8. The van der Waals surface area contributed by atoms with E-state index in [4.69, 9.17) is 27.9 Å². The number of rotatable bonds is 6. The van der Waals surface area contributed by atoms with Crippen molar-refractivity contribution in [3.8, 4) is 5.75 Å². The van der Waals surface area contributed by atoms with E-state index in [9.17, 15) is 9.59 Å². The summed E-state index contributed by atoms with van der Waals surface area (Å²) < 4.78 is 5.23. The van der Waals surface area contributed by atoms with Crippen LogP contribution >= 0.6 is 23.2 Å². The fraction of sp³-hybridized carbons (Fsp3) is 0.273. The summed E-state index contributed by atoms with van der Waals surface area (Å²) >= 11 is 11.9. The molecule has 1 aromatic heterocycles. The van der Waals surface area contributed by atoms with Gasteiger partial charge in [0.15, 0.2) is 11.6 Å². The fourth-order valence-corrected chi connectivity index (χ4v) is 4.10. The summed E-state index contributed by atoms with van der Waals surface area (Å²) in [5, 5.41) is 4.95. The average Bonchev–Trinajstić information content (AvgIpc) is 3.37. The lowest BCUT2D eigenvalue weighted by molar-refractivity contribution is -0.120. The van der Waals surface area contributed by atoms with Crippen molar-refractivity contribution < 1.29 is 14.3 Å². The molecule has 2 heterocycles. The second kappa shape index (κ2) is 8.19. The van der Waals surface area contributed by atoms with Gasteiger partial charge in [0.1, 0.15) is 5.75 Å². The van der Waals surface area contributed by atoms with Gasteiger partial charge in [-0.2, -0.15) is 0 Å². The monoisotopic (exact) mass is 430 g/mol. The molecule has 0 amide bonds. The van der Waals surface area contributed by atoms with Gasteiger partial charge in [-0.3, -0.25) is 14.9 Å². The van der Waals surface area contributed by atoms with Gasteiger partial charge in [-0.05, 0) is 48.7 Å². The Morgan fingerprint density at radius 2 is 1.86 bits per heavy atom. The summed E-state index contributed by atoms with van der Waals surface area (Å²) in [7, 11) is 1.62. The van der Waals surface area contributed by atoms with Crippen LogP contribution in [0.15, 0.2) is 42.6 Å². The first-order valence-corrected chi connectivity index (χ1v) is 10.1.